The van der Waals surface area contributed by atoms with Crippen LogP contribution in [0.25, 0.3) is 11.3 Å². The summed E-state index contributed by atoms with van der Waals surface area (Å²) < 4.78 is 9.90. The average molecular weight is 336 g/mol. The number of morpholine rings is 1. The van der Waals surface area contributed by atoms with E-state index < -0.39 is 0 Å². The number of aromatic nitrogens is 5. The molecule has 2 fully saturated rings. The highest BCUT2D eigenvalue weighted by Crippen LogP contribution is 2.32. The van der Waals surface area contributed by atoms with Crippen LogP contribution >= 0.6 is 0 Å². The smallest absolute Gasteiger partial charge is 0.102 e. The Bertz CT molecular complexity index is 863. The molecule has 0 amide bonds. The molecule has 0 aliphatic carbocycles. The molecule has 25 heavy (non-hydrogen) atoms. The molecule has 2 unspecified atom stereocenters. The first-order valence-electron chi connectivity index (χ1n) is 8.62. The predicted octanol–water partition coefficient (Wildman–Crippen LogP) is 1.32. The number of benzene rings is 1. The van der Waals surface area contributed by atoms with Gasteiger partial charge in [-0.1, -0.05) is 35.5 Å². The fourth-order valence-electron chi connectivity index (χ4n) is 3.77. The summed E-state index contributed by atoms with van der Waals surface area (Å²) in [5, 5.41) is 12.1. The highest BCUT2D eigenvalue weighted by atomic mass is 16.5. The molecular weight excluding hydrogens is 316 g/mol. The van der Waals surface area contributed by atoms with Crippen LogP contribution in [-0.2, 0) is 17.8 Å². The zero-order valence-electron chi connectivity index (χ0n) is 13.9. The van der Waals surface area contributed by atoms with Crippen molar-refractivity contribution in [3.8, 4) is 11.3 Å². The van der Waals surface area contributed by atoms with Gasteiger partial charge in [0.15, 0.2) is 0 Å². The molecule has 0 spiro atoms. The van der Waals surface area contributed by atoms with Gasteiger partial charge >= 0.3 is 0 Å². The van der Waals surface area contributed by atoms with E-state index in [2.05, 4.69) is 32.7 Å². The lowest BCUT2D eigenvalue weighted by Gasteiger charge is -2.26. The normalized spacial score (nSPS) is 24.9. The van der Waals surface area contributed by atoms with Gasteiger partial charge in [-0.15, -0.1) is 5.10 Å². The van der Waals surface area contributed by atoms with Gasteiger partial charge in [0.1, 0.15) is 11.3 Å². The second-order valence-corrected chi connectivity index (χ2v) is 6.98. The molecule has 1 aromatic carbocycles. The SMILES string of the molecule is c1ccc(-c2cn(Cc3cn(CC45CNC(CO4)C5)nn3)cn2)cc1. The summed E-state index contributed by atoms with van der Waals surface area (Å²) in [6.45, 7) is 3.12. The van der Waals surface area contributed by atoms with Crippen LogP contribution in [0, 0.1) is 0 Å². The predicted molar refractivity (Wildman–Crippen MR) is 91.9 cm³/mol. The van der Waals surface area contributed by atoms with E-state index in [0.29, 0.717) is 12.6 Å². The van der Waals surface area contributed by atoms with Crippen molar-refractivity contribution in [1.82, 2.24) is 29.9 Å². The lowest BCUT2D eigenvalue weighted by molar-refractivity contribution is -0.0206. The van der Waals surface area contributed by atoms with E-state index in [1.165, 1.54) is 0 Å². The van der Waals surface area contributed by atoms with Gasteiger partial charge in [-0.05, 0) is 6.42 Å². The van der Waals surface area contributed by atoms with Crippen LogP contribution in [0.5, 0.6) is 0 Å². The van der Waals surface area contributed by atoms with E-state index in [1.54, 1.807) is 0 Å². The second-order valence-electron chi connectivity index (χ2n) is 6.98. The van der Waals surface area contributed by atoms with Gasteiger partial charge in [0.25, 0.3) is 0 Å². The van der Waals surface area contributed by atoms with Gasteiger partial charge in [0.05, 0.1) is 37.9 Å². The van der Waals surface area contributed by atoms with E-state index in [0.717, 1.165) is 43.1 Å². The zero-order chi connectivity index (χ0) is 16.7. The summed E-state index contributed by atoms with van der Waals surface area (Å²) in [5.41, 5.74) is 2.90. The van der Waals surface area contributed by atoms with Crippen molar-refractivity contribution in [2.45, 2.75) is 31.2 Å². The third-order valence-electron chi connectivity index (χ3n) is 5.01. The number of nitrogens with zero attached hydrogens (tertiary/aromatic N) is 5. The number of hydrogen-bond acceptors (Lipinski definition) is 5. The van der Waals surface area contributed by atoms with E-state index >= 15 is 0 Å². The first kappa shape index (κ1) is 14.8. The van der Waals surface area contributed by atoms with Gasteiger partial charge in [0, 0.05) is 24.3 Å². The largest absolute Gasteiger partial charge is 0.370 e. The average Bonchev–Trinajstić information content (AvgIpc) is 3.41. The van der Waals surface area contributed by atoms with Crippen molar-refractivity contribution in [2.75, 3.05) is 13.2 Å². The highest BCUT2D eigenvalue weighted by molar-refractivity contribution is 5.57. The van der Waals surface area contributed by atoms with Crippen molar-refractivity contribution in [1.29, 1.82) is 0 Å². The van der Waals surface area contributed by atoms with Crippen LogP contribution in [0.1, 0.15) is 12.1 Å². The molecule has 0 saturated carbocycles. The molecule has 2 aliphatic heterocycles. The van der Waals surface area contributed by atoms with Crippen molar-refractivity contribution in [3.63, 3.8) is 0 Å². The summed E-state index contributed by atoms with van der Waals surface area (Å²) >= 11 is 0. The molecule has 4 heterocycles. The minimum Gasteiger partial charge on any atom is -0.370 e. The van der Waals surface area contributed by atoms with Gasteiger partial charge < -0.3 is 14.6 Å². The topological polar surface area (TPSA) is 69.8 Å². The number of ether oxygens (including phenoxy) is 1. The minimum atomic E-state index is -0.106. The number of hydrogen-bond donors (Lipinski definition) is 1. The molecule has 2 atom stereocenters. The molecule has 7 heteroatoms. The van der Waals surface area contributed by atoms with Crippen LogP contribution < -0.4 is 5.32 Å². The van der Waals surface area contributed by atoms with E-state index in [1.807, 2.05) is 46.2 Å². The van der Waals surface area contributed by atoms with Crippen LogP contribution in [0.15, 0.2) is 49.1 Å². The molecule has 0 radical (unpaired) electrons. The van der Waals surface area contributed by atoms with Crippen molar-refractivity contribution in [2.24, 2.45) is 0 Å². The summed E-state index contributed by atoms with van der Waals surface area (Å²) in [7, 11) is 0. The van der Waals surface area contributed by atoms with E-state index in [9.17, 15) is 0 Å². The van der Waals surface area contributed by atoms with Gasteiger partial charge in [-0.2, -0.15) is 0 Å². The lowest BCUT2D eigenvalue weighted by Crippen LogP contribution is -2.42. The molecule has 1 N–H and O–H groups in total. The molecule has 3 aromatic rings. The monoisotopic (exact) mass is 336 g/mol. The Morgan fingerprint density at radius 2 is 2.16 bits per heavy atom. The fraction of sp³-hybridized carbons (Fsp3) is 0.389. The Balaban J connectivity index is 1.28. The number of fused-ring (bicyclic) bond motifs is 2. The maximum absolute atomic E-state index is 5.96. The van der Waals surface area contributed by atoms with Gasteiger partial charge in [-0.25, -0.2) is 9.67 Å². The van der Waals surface area contributed by atoms with Gasteiger partial charge in [0.2, 0.25) is 0 Å². The van der Waals surface area contributed by atoms with Gasteiger partial charge in [-0.3, -0.25) is 0 Å². The Morgan fingerprint density at radius 3 is 2.92 bits per heavy atom. The first-order chi connectivity index (χ1) is 12.3. The Hall–Kier alpha value is -2.51. The maximum atomic E-state index is 5.96. The van der Waals surface area contributed by atoms with E-state index in [4.69, 9.17) is 4.74 Å². The summed E-state index contributed by atoms with van der Waals surface area (Å²) in [6.07, 6.45) is 6.94. The molecule has 128 valence electrons. The Kier molecular flexibility index (Phi) is 3.43. The second kappa shape index (κ2) is 5.79. The van der Waals surface area contributed by atoms with E-state index in [-0.39, 0.29) is 5.60 Å². The third-order valence-corrected chi connectivity index (χ3v) is 5.01. The number of imidazole rings is 1. The maximum Gasteiger partial charge on any atom is 0.102 e. The Morgan fingerprint density at radius 1 is 1.24 bits per heavy atom. The van der Waals surface area contributed by atoms with Crippen molar-refractivity contribution < 1.29 is 4.74 Å². The molecule has 2 aromatic heterocycles. The van der Waals surface area contributed by atoms with Crippen molar-refractivity contribution in [3.05, 3.63) is 54.7 Å². The molecular formula is C18H20N6O. The standard InChI is InChI=1S/C18H20N6O/c1-2-4-14(5-3-1)17-9-23(13-20-17)7-16-8-24(22-21-16)12-18-6-15(10-25-18)19-11-18/h1-5,8-9,13,15,19H,6-7,10-12H2. The number of rotatable bonds is 5. The molecule has 2 bridgehead atoms. The summed E-state index contributed by atoms with van der Waals surface area (Å²) in [5.74, 6) is 0. The van der Waals surface area contributed by atoms with Crippen LogP contribution in [0.2, 0.25) is 0 Å². The fourth-order valence-corrected chi connectivity index (χ4v) is 3.77. The molecule has 2 saturated heterocycles. The molecule has 2 aliphatic rings. The van der Waals surface area contributed by atoms with Crippen LogP contribution in [0.3, 0.4) is 0 Å². The lowest BCUT2D eigenvalue weighted by atomic mass is 10.0. The molecule has 7 nitrogen and oxygen atoms in total. The summed E-state index contributed by atoms with van der Waals surface area (Å²) in [4.78, 5) is 4.48. The third kappa shape index (κ3) is 2.85. The first-order valence-corrected chi connectivity index (χ1v) is 8.62. The highest BCUT2D eigenvalue weighted by Gasteiger charge is 2.46. The zero-order valence-corrected chi connectivity index (χ0v) is 13.9. The molecule has 5 rings (SSSR count). The Labute approximate surface area is 145 Å². The quantitative estimate of drug-likeness (QED) is 0.761. The van der Waals surface area contributed by atoms with Crippen LogP contribution in [-0.4, -0.2) is 49.3 Å². The minimum absolute atomic E-state index is 0.106. The van der Waals surface area contributed by atoms with Crippen LogP contribution in [0.4, 0.5) is 0 Å². The number of nitrogens with one attached hydrogen (secondary N) is 1. The van der Waals surface area contributed by atoms with Crippen molar-refractivity contribution >= 4 is 0 Å². The summed E-state index contributed by atoms with van der Waals surface area (Å²) in [6, 6.07) is 10.7.